The maximum absolute atomic E-state index is 13.5. The molecule has 1 aliphatic heterocycles. The van der Waals surface area contributed by atoms with Crippen molar-refractivity contribution in [2.75, 3.05) is 53.4 Å². The lowest BCUT2D eigenvalue weighted by Crippen LogP contribution is -2.52. The van der Waals surface area contributed by atoms with Gasteiger partial charge in [-0.2, -0.15) is 26.8 Å². The number of hydrogen-bond acceptors (Lipinski definition) is 10. The van der Waals surface area contributed by atoms with Gasteiger partial charge >= 0.3 is 11.7 Å². The van der Waals surface area contributed by atoms with Crippen LogP contribution in [0.4, 0.5) is 0 Å². The van der Waals surface area contributed by atoms with Crippen LogP contribution in [-0.2, 0) is 20.4 Å². The van der Waals surface area contributed by atoms with Crippen LogP contribution in [0.3, 0.4) is 0 Å². The number of aromatic nitrogens is 4. The molecule has 17 heteroatoms. The Labute approximate surface area is 285 Å². The summed E-state index contributed by atoms with van der Waals surface area (Å²) in [5, 5.41) is 4.89. The van der Waals surface area contributed by atoms with Crippen molar-refractivity contribution in [3.8, 4) is 16.9 Å². The summed E-state index contributed by atoms with van der Waals surface area (Å²) in [5.41, 5.74) is -0.307. The second-order valence-electron chi connectivity index (χ2n) is 11.5. The number of halogens is 2. The average molecular weight is 723 g/mol. The summed E-state index contributed by atoms with van der Waals surface area (Å²) in [4.78, 5) is 46.7. The third-order valence-electron chi connectivity index (χ3n) is 7.76. The largest absolute Gasteiger partial charge is 0.460 e. The van der Waals surface area contributed by atoms with Crippen molar-refractivity contribution in [2.45, 2.75) is 19.3 Å². The number of rotatable bonds is 10. The number of H-pyrrole nitrogens is 1. The van der Waals surface area contributed by atoms with Gasteiger partial charge in [0.05, 0.1) is 11.4 Å². The van der Waals surface area contributed by atoms with E-state index >= 15 is 0 Å². The van der Waals surface area contributed by atoms with Crippen LogP contribution in [0.5, 0.6) is 0 Å². The van der Waals surface area contributed by atoms with Gasteiger partial charge in [-0.15, -0.1) is 11.3 Å². The predicted octanol–water partition coefficient (Wildman–Crippen LogP) is 3.26. The lowest BCUT2D eigenvalue weighted by atomic mass is 9.85. The first-order valence-electron chi connectivity index (χ1n) is 14.5. The second-order valence-corrected chi connectivity index (χ2v) is 15.4. The molecule has 250 valence electrons. The number of aromatic amines is 1. The molecule has 1 saturated heterocycles. The molecule has 0 aliphatic carbocycles. The molecular formula is C30H33Cl2N7O6S2. The van der Waals surface area contributed by atoms with E-state index < -0.39 is 32.8 Å². The van der Waals surface area contributed by atoms with Gasteiger partial charge in [0.15, 0.2) is 0 Å². The first-order valence-corrected chi connectivity index (χ1v) is 17.5. The van der Waals surface area contributed by atoms with E-state index in [4.69, 9.17) is 32.9 Å². The van der Waals surface area contributed by atoms with Gasteiger partial charge in [0, 0.05) is 73.4 Å². The van der Waals surface area contributed by atoms with Gasteiger partial charge in [-0.25, -0.2) is 14.6 Å². The minimum atomic E-state index is -3.47. The molecule has 0 saturated carbocycles. The van der Waals surface area contributed by atoms with E-state index in [1.165, 1.54) is 46.2 Å². The van der Waals surface area contributed by atoms with Crippen molar-refractivity contribution < 1.29 is 17.9 Å². The van der Waals surface area contributed by atoms with Crippen LogP contribution in [-0.4, -0.2) is 101 Å². The molecule has 0 spiro atoms. The standard InChI is InChI=1S/C30H33Cl2N7O6S2/c1-30(2,24-21(31)16-20(17-22(24)32)39-29(42)34-23(40)18-33-39)28-35-25(19-8-6-5-7-9-19)26(46-28)27(41)45-15-14-37-10-12-38(13-11-37)47(43,44)36(3)4/h5-9,16-18H,10-15H2,1-4H3,(H,34,40,42). The zero-order valence-corrected chi connectivity index (χ0v) is 29.2. The van der Waals surface area contributed by atoms with E-state index in [0.29, 0.717) is 53.9 Å². The Morgan fingerprint density at radius 2 is 1.70 bits per heavy atom. The minimum absolute atomic E-state index is 0.112. The molecule has 2 aromatic heterocycles. The van der Waals surface area contributed by atoms with Crippen LogP contribution in [0.1, 0.15) is 34.1 Å². The zero-order chi connectivity index (χ0) is 34.1. The lowest BCUT2D eigenvalue weighted by molar-refractivity contribution is 0.0450. The van der Waals surface area contributed by atoms with Gasteiger partial charge in [0.2, 0.25) is 0 Å². The Balaban J connectivity index is 1.38. The number of nitrogens with one attached hydrogen (secondary N) is 1. The van der Waals surface area contributed by atoms with Crippen molar-refractivity contribution in [3.05, 3.63) is 95.0 Å². The maximum atomic E-state index is 13.5. The van der Waals surface area contributed by atoms with Gasteiger partial charge in [0.1, 0.15) is 22.7 Å². The molecule has 5 rings (SSSR count). The first-order chi connectivity index (χ1) is 22.2. The highest BCUT2D eigenvalue weighted by molar-refractivity contribution is 7.86. The number of thiazole rings is 1. The van der Waals surface area contributed by atoms with Crippen molar-refractivity contribution in [1.29, 1.82) is 0 Å². The quantitative estimate of drug-likeness (QED) is 0.244. The van der Waals surface area contributed by atoms with Crippen LogP contribution >= 0.6 is 34.5 Å². The molecule has 0 unspecified atom stereocenters. The van der Waals surface area contributed by atoms with Crippen molar-refractivity contribution in [1.82, 2.24) is 33.3 Å². The van der Waals surface area contributed by atoms with Crippen LogP contribution in [0.15, 0.2) is 58.3 Å². The fourth-order valence-electron chi connectivity index (χ4n) is 5.19. The molecule has 2 aromatic carbocycles. The summed E-state index contributed by atoms with van der Waals surface area (Å²) < 4.78 is 34.2. The molecule has 47 heavy (non-hydrogen) atoms. The second kappa shape index (κ2) is 14.0. The monoisotopic (exact) mass is 721 g/mol. The van der Waals surface area contributed by atoms with E-state index in [9.17, 15) is 22.8 Å². The topological polar surface area (TPSA) is 151 Å². The number of hydrogen-bond donors (Lipinski definition) is 1. The first kappa shape index (κ1) is 34.9. The summed E-state index contributed by atoms with van der Waals surface area (Å²) in [6.45, 7) is 6.06. The molecule has 3 heterocycles. The van der Waals surface area contributed by atoms with Gasteiger partial charge in [-0.05, 0) is 26.0 Å². The average Bonchev–Trinajstić information content (AvgIpc) is 3.48. The molecule has 0 amide bonds. The highest BCUT2D eigenvalue weighted by atomic mass is 35.5. The molecule has 1 N–H and O–H groups in total. The molecule has 4 aromatic rings. The number of carbonyl (C=O) groups is 1. The Morgan fingerprint density at radius 1 is 1.06 bits per heavy atom. The minimum Gasteiger partial charge on any atom is -0.460 e. The molecular weight excluding hydrogens is 689 g/mol. The Kier molecular flexibility index (Phi) is 10.4. The molecule has 1 aliphatic rings. The Hall–Kier alpha value is -3.44. The predicted molar refractivity (Wildman–Crippen MR) is 181 cm³/mol. The number of carbonyl (C=O) groups excluding carboxylic acids is 1. The third-order valence-corrected chi connectivity index (χ3v) is 11.7. The number of piperazine rings is 1. The van der Waals surface area contributed by atoms with Crippen LogP contribution in [0.25, 0.3) is 16.9 Å². The van der Waals surface area contributed by atoms with Crippen LogP contribution in [0.2, 0.25) is 10.0 Å². The van der Waals surface area contributed by atoms with E-state index in [1.807, 2.05) is 44.2 Å². The fraction of sp³-hybridized carbons (Fsp3) is 0.367. The number of ether oxygens (including phenoxy) is 1. The molecule has 0 bridgehead atoms. The zero-order valence-electron chi connectivity index (χ0n) is 26.1. The van der Waals surface area contributed by atoms with Crippen molar-refractivity contribution in [2.24, 2.45) is 0 Å². The van der Waals surface area contributed by atoms with Gasteiger partial charge in [0.25, 0.3) is 15.8 Å². The number of nitrogens with zero attached hydrogens (tertiary/aromatic N) is 6. The van der Waals surface area contributed by atoms with E-state index in [-0.39, 0.29) is 22.3 Å². The van der Waals surface area contributed by atoms with Gasteiger partial charge in [-0.1, -0.05) is 53.5 Å². The highest BCUT2D eigenvalue weighted by Gasteiger charge is 2.35. The molecule has 13 nitrogen and oxygen atoms in total. The lowest BCUT2D eigenvalue weighted by Gasteiger charge is -2.34. The van der Waals surface area contributed by atoms with Gasteiger partial charge in [-0.3, -0.25) is 14.7 Å². The molecule has 0 radical (unpaired) electrons. The van der Waals surface area contributed by atoms with Crippen LogP contribution < -0.4 is 11.2 Å². The normalized spacial score (nSPS) is 14.9. The van der Waals surface area contributed by atoms with Crippen molar-refractivity contribution in [3.63, 3.8) is 0 Å². The Morgan fingerprint density at radius 3 is 2.30 bits per heavy atom. The third kappa shape index (κ3) is 7.36. The van der Waals surface area contributed by atoms with Crippen LogP contribution in [0, 0.1) is 0 Å². The fourth-order valence-corrected chi connectivity index (χ4v) is 8.31. The van der Waals surface area contributed by atoms with E-state index in [2.05, 4.69) is 15.0 Å². The molecule has 1 fully saturated rings. The number of benzene rings is 2. The maximum Gasteiger partial charge on any atom is 0.350 e. The summed E-state index contributed by atoms with van der Waals surface area (Å²) in [6.07, 6.45) is 0.974. The number of esters is 1. The summed E-state index contributed by atoms with van der Waals surface area (Å²) >= 11 is 14.7. The smallest absolute Gasteiger partial charge is 0.350 e. The summed E-state index contributed by atoms with van der Waals surface area (Å²) in [6, 6.07) is 12.3. The highest BCUT2D eigenvalue weighted by Crippen LogP contribution is 2.44. The Bertz CT molecular complexity index is 1980. The summed E-state index contributed by atoms with van der Waals surface area (Å²) in [5.74, 6) is -0.534. The van der Waals surface area contributed by atoms with Crippen molar-refractivity contribution >= 4 is 50.7 Å². The van der Waals surface area contributed by atoms with Gasteiger partial charge < -0.3 is 4.74 Å². The van der Waals surface area contributed by atoms with E-state index in [0.717, 1.165) is 16.4 Å². The SMILES string of the molecule is CN(C)S(=O)(=O)N1CCN(CCOC(=O)c2sc(C(C)(C)c3c(Cl)cc(-n4ncc(=O)[nH]c4=O)cc3Cl)nc2-c2ccccc2)CC1. The summed E-state index contributed by atoms with van der Waals surface area (Å²) in [7, 11) is -0.458. The van der Waals surface area contributed by atoms with E-state index in [1.54, 1.807) is 0 Å². The molecule has 0 atom stereocenters.